The van der Waals surface area contributed by atoms with Crippen molar-refractivity contribution in [2.24, 2.45) is 0 Å². The van der Waals surface area contributed by atoms with Gasteiger partial charge in [0.1, 0.15) is 0 Å². The number of nitrogens with zero attached hydrogens (tertiary/aromatic N) is 1. The fourth-order valence-electron chi connectivity index (χ4n) is 1.42. The van der Waals surface area contributed by atoms with Crippen LogP contribution in [-0.2, 0) is 10.0 Å². The molecular weight excluding hydrogens is 385 g/mol. The third-order valence-corrected chi connectivity index (χ3v) is 5.30. The first-order valence-electron chi connectivity index (χ1n) is 5.40. The van der Waals surface area contributed by atoms with Gasteiger partial charge in [0, 0.05) is 23.8 Å². The first-order chi connectivity index (χ1) is 8.80. The lowest BCUT2D eigenvalue weighted by molar-refractivity contribution is 0.0695. The first-order valence-corrected chi connectivity index (χ1v) is 7.92. The van der Waals surface area contributed by atoms with Crippen LogP contribution in [0.25, 0.3) is 0 Å². The molecule has 0 fully saturated rings. The van der Waals surface area contributed by atoms with Crippen LogP contribution < -0.4 is 0 Å². The van der Waals surface area contributed by atoms with Crippen molar-refractivity contribution in [3.63, 3.8) is 0 Å². The maximum Gasteiger partial charge on any atom is 0.336 e. The molecule has 0 aliphatic heterocycles. The molecule has 0 unspecified atom stereocenters. The van der Waals surface area contributed by atoms with Crippen LogP contribution in [-0.4, -0.2) is 49.1 Å². The molecular formula is C11H14INO5S. The number of rotatable bonds is 6. The molecule has 0 amide bonds. The van der Waals surface area contributed by atoms with Crippen molar-refractivity contribution in [1.82, 2.24) is 4.31 Å². The van der Waals surface area contributed by atoms with Gasteiger partial charge < -0.3 is 10.2 Å². The van der Waals surface area contributed by atoms with E-state index in [1.165, 1.54) is 19.2 Å². The van der Waals surface area contributed by atoms with Crippen LogP contribution in [0, 0.1) is 3.57 Å². The summed E-state index contributed by atoms with van der Waals surface area (Å²) in [5, 5.41) is 17.7. The van der Waals surface area contributed by atoms with Crippen molar-refractivity contribution in [3.05, 3.63) is 27.3 Å². The predicted molar refractivity (Wildman–Crippen MR) is 77.6 cm³/mol. The first kappa shape index (κ1) is 16.3. The molecule has 0 radical (unpaired) electrons. The summed E-state index contributed by atoms with van der Waals surface area (Å²) in [6, 6.07) is 3.98. The Kier molecular flexibility index (Phi) is 5.71. The number of aromatic carboxylic acids is 1. The molecule has 1 rings (SSSR count). The van der Waals surface area contributed by atoms with Gasteiger partial charge in [0.05, 0.1) is 10.5 Å². The van der Waals surface area contributed by atoms with Crippen LogP contribution in [0.15, 0.2) is 23.1 Å². The molecule has 1 aromatic rings. The maximum atomic E-state index is 12.2. The van der Waals surface area contributed by atoms with Crippen LogP contribution in [0.2, 0.25) is 0 Å². The SMILES string of the molecule is CN(CCCO)S(=O)(=O)c1ccc(I)c(C(=O)O)c1. The highest BCUT2D eigenvalue weighted by Crippen LogP contribution is 2.20. The molecule has 8 heteroatoms. The average Bonchev–Trinajstić information content (AvgIpc) is 2.35. The summed E-state index contributed by atoms with van der Waals surface area (Å²) in [4.78, 5) is 10.9. The van der Waals surface area contributed by atoms with E-state index in [2.05, 4.69) is 0 Å². The zero-order chi connectivity index (χ0) is 14.6. The Hall–Kier alpha value is -0.710. The van der Waals surface area contributed by atoms with E-state index in [0.29, 0.717) is 9.99 Å². The molecule has 2 N–H and O–H groups in total. The van der Waals surface area contributed by atoms with E-state index in [1.807, 2.05) is 22.6 Å². The van der Waals surface area contributed by atoms with Crippen molar-refractivity contribution < 1.29 is 23.4 Å². The normalized spacial score (nSPS) is 11.8. The quantitative estimate of drug-likeness (QED) is 0.696. The number of sulfonamides is 1. The third-order valence-electron chi connectivity index (χ3n) is 2.51. The monoisotopic (exact) mass is 399 g/mol. The summed E-state index contributed by atoms with van der Waals surface area (Å²) < 4.78 is 25.9. The molecule has 0 saturated carbocycles. The number of aliphatic hydroxyl groups is 1. The van der Waals surface area contributed by atoms with Gasteiger partial charge in [-0.2, -0.15) is 0 Å². The molecule has 0 spiro atoms. The molecule has 0 aromatic heterocycles. The standard InChI is InChI=1S/C11H14INO5S/c1-13(5-2-6-14)19(17,18)8-3-4-10(12)9(7-8)11(15)16/h3-4,7,14H,2,5-6H2,1H3,(H,15,16). The van der Waals surface area contributed by atoms with Gasteiger partial charge in [-0.1, -0.05) is 0 Å². The number of aliphatic hydroxyl groups excluding tert-OH is 1. The zero-order valence-corrected chi connectivity index (χ0v) is 13.2. The van der Waals surface area contributed by atoms with E-state index in [0.717, 1.165) is 10.4 Å². The summed E-state index contributed by atoms with van der Waals surface area (Å²) in [7, 11) is -2.34. The number of halogens is 1. The van der Waals surface area contributed by atoms with Crippen LogP contribution in [0.3, 0.4) is 0 Å². The van der Waals surface area contributed by atoms with Gasteiger partial charge in [0.2, 0.25) is 10.0 Å². The van der Waals surface area contributed by atoms with Gasteiger partial charge >= 0.3 is 5.97 Å². The Morgan fingerprint density at radius 1 is 1.42 bits per heavy atom. The topological polar surface area (TPSA) is 94.9 Å². The van der Waals surface area contributed by atoms with Crippen LogP contribution >= 0.6 is 22.6 Å². The van der Waals surface area contributed by atoms with Crippen molar-refractivity contribution in [3.8, 4) is 0 Å². The molecule has 6 nitrogen and oxygen atoms in total. The lowest BCUT2D eigenvalue weighted by Gasteiger charge is -2.17. The Bertz CT molecular complexity index is 572. The van der Waals surface area contributed by atoms with Gasteiger partial charge in [-0.25, -0.2) is 17.5 Å². The zero-order valence-electron chi connectivity index (χ0n) is 10.2. The summed E-state index contributed by atoms with van der Waals surface area (Å²) in [5.74, 6) is -1.17. The molecule has 106 valence electrons. The fourth-order valence-corrected chi connectivity index (χ4v) is 3.22. The second kappa shape index (κ2) is 6.64. The molecule has 0 atom stereocenters. The Balaban J connectivity index is 3.15. The molecule has 0 heterocycles. The second-order valence-corrected chi connectivity index (χ2v) is 7.06. The van der Waals surface area contributed by atoms with Crippen LogP contribution in [0.5, 0.6) is 0 Å². The number of hydrogen-bond acceptors (Lipinski definition) is 4. The summed E-state index contributed by atoms with van der Waals surface area (Å²) in [5.41, 5.74) is -0.0442. The molecule has 1 aromatic carbocycles. The van der Waals surface area contributed by atoms with Gasteiger partial charge in [-0.05, 0) is 47.2 Å². The predicted octanol–water partition coefficient (Wildman–Crippen LogP) is 0.992. The van der Waals surface area contributed by atoms with Crippen molar-refractivity contribution in [2.45, 2.75) is 11.3 Å². The fraction of sp³-hybridized carbons (Fsp3) is 0.364. The highest BCUT2D eigenvalue weighted by atomic mass is 127. The Morgan fingerprint density at radius 3 is 2.58 bits per heavy atom. The van der Waals surface area contributed by atoms with Crippen molar-refractivity contribution in [1.29, 1.82) is 0 Å². The van der Waals surface area contributed by atoms with E-state index < -0.39 is 16.0 Å². The average molecular weight is 399 g/mol. The lowest BCUT2D eigenvalue weighted by atomic mass is 10.2. The number of carbonyl (C=O) groups is 1. The van der Waals surface area contributed by atoms with Gasteiger partial charge in [-0.15, -0.1) is 0 Å². The highest BCUT2D eigenvalue weighted by Gasteiger charge is 2.22. The van der Waals surface area contributed by atoms with E-state index in [-0.39, 0.29) is 23.6 Å². The maximum absolute atomic E-state index is 12.2. The Labute approximate surface area is 125 Å². The largest absolute Gasteiger partial charge is 0.478 e. The highest BCUT2D eigenvalue weighted by molar-refractivity contribution is 14.1. The van der Waals surface area contributed by atoms with Crippen LogP contribution in [0.1, 0.15) is 16.8 Å². The molecule has 0 bridgehead atoms. The van der Waals surface area contributed by atoms with E-state index in [4.69, 9.17) is 10.2 Å². The van der Waals surface area contributed by atoms with E-state index in [9.17, 15) is 13.2 Å². The van der Waals surface area contributed by atoms with E-state index >= 15 is 0 Å². The lowest BCUT2D eigenvalue weighted by Crippen LogP contribution is -2.28. The Morgan fingerprint density at radius 2 is 2.05 bits per heavy atom. The molecule has 0 aliphatic carbocycles. The van der Waals surface area contributed by atoms with Gasteiger partial charge in [0.25, 0.3) is 0 Å². The van der Waals surface area contributed by atoms with Crippen molar-refractivity contribution in [2.75, 3.05) is 20.2 Å². The molecule has 19 heavy (non-hydrogen) atoms. The van der Waals surface area contributed by atoms with Gasteiger partial charge in [0.15, 0.2) is 0 Å². The minimum atomic E-state index is -3.73. The summed E-state index contributed by atoms with van der Waals surface area (Å²) in [6.45, 7) is 0.0696. The minimum absolute atomic E-state index is 0.0442. The molecule has 0 aliphatic rings. The molecule has 0 saturated heterocycles. The summed E-state index contributed by atoms with van der Waals surface area (Å²) >= 11 is 1.84. The third kappa shape index (κ3) is 3.88. The van der Waals surface area contributed by atoms with Crippen molar-refractivity contribution >= 4 is 38.6 Å². The van der Waals surface area contributed by atoms with Crippen LogP contribution in [0.4, 0.5) is 0 Å². The second-order valence-electron chi connectivity index (χ2n) is 3.85. The number of hydrogen-bond donors (Lipinski definition) is 2. The number of carboxylic acids is 1. The number of benzene rings is 1. The smallest absolute Gasteiger partial charge is 0.336 e. The van der Waals surface area contributed by atoms with Gasteiger partial charge in [-0.3, -0.25) is 0 Å². The number of carboxylic acid groups (broad SMARTS) is 1. The van der Waals surface area contributed by atoms with E-state index in [1.54, 1.807) is 0 Å². The summed E-state index contributed by atoms with van der Waals surface area (Å²) in [6.07, 6.45) is 0.325. The minimum Gasteiger partial charge on any atom is -0.478 e.